The van der Waals surface area contributed by atoms with Crippen LogP contribution in [0.1, 0.15) is 43.1 Å². The van der Waals surface area contributed by atoms with Gasteiger partial charge in [-0.2, -0.15) is 18.3 Å². The molecule has 4 heterocycles. The Morgan fingerprint density at radius 3 is 2.71 bits per heavy atom. The number of aromatic nitrogens is 4. The van der Waals surface area contributed by atoms with Gasteiger partial charge < -0.3 is 19.9 Å². The first kappa shape index (κ1) is 27.8. The van der Waals surface area contributed by atoms with Crippen LogP contribution in [0.3, 0.4) is 0 Å². The highest BCUT2D eigenvalue weighted by Crippen LogP contribution is 2.40. The number of carbonyl (C=O) groups excluding carboxylic acids is 1. The maximum atomic E-state index is 14.6. The number of rotatable bonds is 5. The fourth-order valence-electron chi connectivity index (χ4n) is 4.06. The number of hydrogen-bond donors (Lipinski definition) is 2. The van der Waals surface area contributed by atoms with Crippen LogP contribution in [-0.4, -0.2) is 74.4 Å². The van der Waals surface area contributed by atoms with Crippen molar-refractivity contribution < 1.29 is 22.4 Å². The van der Waals surface area contributed by atoms with E-state index in [0.29, 0.717) is 24.0 Å². The minimum atomic E-state index is -4.55. The third-order valence-corrected chi connectivity index (χ3v) is 6.86. The minimum absolute atomic E-state index is 0.0790. The summed E-state index contributed by atoms with van der Waals surface area (Å²) in [7, 11) is 1.83. The average molecular weight is 552 g/mol. The second kappa shape index (κ2) is 10.9. The molecular weight excluding hydrogens is 522 g/mol. The summed E-state index contributed by atoms with van der Waals surface area (Å²) in [5.41, 5.74) is -4.01. The van der Waals surface area contributed by atoms with Gasteiger partial charge in [-0.1, -0.05) is 11.8 Å². The molecule has 8 nitrogen and oxygen atoms in total. The summed E-state index contributed by atoms with van der Waals surface area (Å²) < 4.78 is 57.8. The zero-order valence-electron chi connectivity index (χ0n) is 21.4. The summed E-state index contributed by atoms with van der Waals surface area (Å²) in [6.07, 6.45) is 5.23. The second-order valence-corrected chi connectivity index (χ2v) is 11.1. The normalized spacial score (nSPS) is 18.7. The van der Waals surface area contributed by atoms with Crippen molar-refractivity contribution in [3.63, 3.8) is 0 Å². The molecule has 1 amide bonds. The van der Waals surface area contributed by atoms with Crippen LogP contribution >= 0.6 is 11.8 Å². The summed E-state index contributed by atoms with van der Waals surface area (Å²) in [4.78, 5) is 18.6. The molecule has 1 saturated heterocycles. The average Bonchev–Trinajstić information content (AvgIpc) is 3.44. The van der Waals surface area contributed by atoms with Gasteiger partial charge in [0.1, 0.15) is 11.2 Å². The molecule has 0 aromatic carbocycles. The van der Waals surface area contributed by atoms with E-state index in [-0.39, 0.29) is 46.8 Å². The van der Waals surface area contributed by atoms with Crippen molar-refractivity contribution in [1.29, 1.82) is 0 Å². The smallest absolute Gasteiger partial charge is 0.363 e. The number of carbonyl (C=O) groups is 1. The topological polar surface area (TPSA) is 79.5 Å². The summed E-state index contributed by atoms with van der Waals surface area (Å²) in [6, 6.07) is 0.985. The van der Waals surface area contributed by atoms with E-state index >= 15 is 0 Å². The number of nitrogens with one attached hydrogen (secondary N) is 2. The van der Waals surface area contributed by atoms with Gasteiger partial charge in [-0.05, 0) is 40.3 Å². The van der Waals surface area contributed by atoms with E-state index in [1.807, 2.05) is 32.7 Å². The van der Waals surface area contributed by atoms with Crippen molar-refractivity contribution in [3.05, 3.63) is 42.0 Å². The number of anilines is 1. The maximum absolute atomic E-state index is 14.6. The van der Waals surface area contributed by atoms with Crippen molar-refractivity contribution in [2.75, 3.05) is 32.0 Å². The SMILES string of the molecule is CN1CC[C@H](Nc2nccn3c(SC(F)(F)F)c(C#CCNC(=O)c4cnn(C(C)(C)C)c4)cc23)[C@H](F)C1. The highest BCUT2D eigenvalue weighted by atomic mass is 32.2. The van der Waals surface area contributed by atoms with E-state index in [1.165, 1.54) is 29.1 Å². The van der Waals surface area contributed by atoms with Crippen LogP contribution < -0.4 is 10.6 Å². The number of alkyl halides is 4. The third-order valence-electron chi connectivity index (χ3n) is 6.02. The molecule has 0 radical (unpaired) electrons. The fourth-order valence-corrected chi connectivity index (χ4v) is 4.76. The Morgan fingerprint density at radius 1 is 1.29 bits per heavy atom. The molecule has 1 aliphatic heterocycles. The van der Waals surface area contributed by atoms with E-state index in [9.17, 15) is 22.4 Å². The van der Waals surface area contributed by atoms with Crippen LogP contribution in [-0.2, 0) is 5.54 Å². The van der Waals surface area contributed by atoms with Crippen molar-refractivity contribution in [1.82, 2.24) is 29.4 Å². The van der Waals surface area contributed by atoms with Crippen LogP contribution in [0.25, 0.3) is 5.52 Å². The van der Waals surface area contributed by atoms with Crippen molar-refractivity contribution in [2.24, 2.45) is 0 Å². The van der Waals surface area contributed by atoms with Crippen LogP contribution in [0.15, 0.2) is 35.9 Å². The lowest BCUT2D eigenvalue weighted by molar-refractivity contribution is -0.0329. The van der Waals surface area contributed by atoms with Crippen LogP contribution in [0.4, 0.5) is 23.4 Å². The molecule has 2 atom stereocenters. The number of likely N-dealkylation sites (tertiary alicyclic amines) is 1. The first-order chi connectivity index (χ1) is 17.8. The van der Waals surface area contributed by atoms with Crippen molar-refractivity contribution in [2.45, 2.75) is 55.5 Å². The summed E-state index contributed by atoms with van der Waals surface area (Å²) >= 11 is -0.289. The number of hydrogen-bond acceptors (Lipinski definition) is 6. The third kappa shape index (κ3) is 6.60. The van der Waals surface area contributed by atoms with Gasteiger partial charge in [0.05, 0.1) is 41.0 Å². The number of fused-ring (bicyclic) bond motifs is 1. The zero-order valence-corrected chi connectivity index (χ0v) is 22.3. The van der Waals surface area contributed by atoms with E-state index in [1.54, 1.807) is 10.9 Å². The number of nitrogens with zero attached hydrogens (tertiary/aromatic N) is 5. The van der Waals surface area contributed by atoms with Crippen molar-refractivity contribution >= 4 is 29.0 Å². The molecule has 1 aliphatic rings. The Hall–Kier alpha value is -3.24. The lowest BCUT2D eigenvalue weighted by Gasteiger charge is -2.33. The molecule has 0 saturated carbocycles. The Labute approximate surface area is 222 Å². The zero-order chi connectivity index (χ0) is 27.7. The first-order valence-corrected chi connectivity index (χ1v) is 12.8. The highest BCUT2D eigenvalue weighted by molar-refractivity contribution is 8.00. The molecule has 0 bridgehead atoms. The largest absolute Gasteiger partial charge is 0.447 e. The van der Waals surface area contributed by atoms with Gasteiger partial charge in [0.15, 0.2) is 5.82 Å². The van der Waals surface area contributed by atoms with E-state index in [4.69, 9.17) is 0 Å². The summed E-state index contributed by atoms with van der Waals surface area (Å²) in [5.74, 6) is 5.36. The molecule has 2 N–H and O–H groups in total. The number of amides is 1. The Bertz CT molecular complexity index is 1370. The Kier molecular flexibility index (Phi) is 7.94. The molecule has 3 aromatic heterocycles. The van der Waals surface area contributed by atoms with Crippen LogP contribution in [0, 0.1) is 11.8 Å². The summed E-state index contributed by atoms with van der Waals surface area (Å²) in [6.45, 7) is 6.72. The molecule has 0 unspecified atom stereocenters. The van der Waals surface area contributed by atoms with Gasteiger partial charge >= 0.3 is 5.51 Å². The molecular formula is C25H29F4N7OS. The Morgan fingerprint density at radius 2 is 2.05 bits per heavy atom. The predicted octanol–water partition coefficient (Wildman–Crippen LogP) is 4.13. The molecule has 13 heteroatoms. The molecule has 204 valence electrons. The first-order valence-electron chi connectivity index (χ1n) is 12.0. The highest BCUT2D eigenvalue weighted by Gasteiger charge is 2.33. The van der Waals surface area contributed by atoms with E-state index < -0.39 is 23.6 Å². The second-order valence-electron chi connectivity index (χ2n) is 10.1. The van der Waals surface area contributed by atoms with Crippen LogP contribution in [0.2, 0.25) is 0 Å². The van der Waals surface area contributed by atoms with Gasteiger partial charge in [0.25, 0.3) is 5.91 Å². The molecule has 38 heavy (non-hydrogen) atoms. The van der Waals surface area contributed by atoms with E-state index in [2.05, 4.69) is 32.6 Å². The standard InChI is InChI=1S/C25H29F4N7OS/c1-24(2,3)36-14-17(13-32-36)22(37)31-8-5-6-16-12-20-21(33-19-7-10-34(4)15-18(19)26)30-9-11-35(20)23(16)38-25(27,28)29/h9,11-14,18-19H,7-8,10,15H2,1-4H3,(H,30,33)(H,31,37)/t18-,19+/m1/s1. The lowest BCUT2D eigenvalue weighted by atomic mass is 10.0. The van der Waals surface area contributed by atoms with Gasteiger partial charge in [-0.3, -0.25) is 9.48 Å². The molecule has 0 spiro atoms. The van der Waals surface area contributed by atoms with Gasteiger partial charge in [0.2, 0.25) is 0 Å². The molecule has 0 aliphatic carbocycles. The maximum Gasteiger partial charge on any atom is 0.447 e. The van der Waals surface area contributed by atoms with Crippen LogP contribution in [0.5, 0.6) is 0 Å². The lowest BCUT2D eigenvalue weighted by Crippen LogP contribution is -2.46. The fraction of sp³-hybridized carbons (Fsp3) is 0.480. The quantitative estimate of drug-likeness (QED) is 0.282. The predicted molar refractivity (Wildman–Crippen MR) is 138 cm³/mol. The number of thioether (sulfide) groups is 1. The monoisotopic (exact) mass is 551 g/mol. The number of halogens is 4. The van der Waals surface area contributed by atoms with Crippen molar-refractivity contribution in [3.8, 4) is 11.8 Å². The molecule has 1 fully saturated rings. The van der Waals surface area contributed by atoms with Gasteiger partial charge in [-0.15, -0.1) is 0 Å². The van der Waals surface area contributed by atoms with Gasteiger partial charge in [-0.25, -0.2) is 9.37 Å². The molecule has 3 aromatic rings. The minimum Gasteiger partial charge on any atom is -0.363 e. The summed E-state index contributed by atoms with van der Waals surface area (Å²) in [5, 5.41) is 9.76. The van der Waals surface area contributed by atoms with Gasteiger partial charge in [0, 0.05) is 43.4 Å². The van der Waals surface area contributed by atoms with E-state index in [0.717, 1.165) is 0 Å². The Balaban J connectivity index is 1.55. The molecule has 4 rings (SSSR count). The number of piperidine rings is 1.